The normalized spacial score (nSPS) is 10.0. The van der Waals surface area contributed by atoms with Gasteiger partial charge in [-0.15, -0.1) is 0 Å². The third kappa shape index (κ3) is 3.85. The van der Waals surface area contributed by atoms with Gasteiger partial charge in [-0.05, 0) is 11.6 Å². The number of amides is 2. The van der Waals surface area contributed by atoms with E-state index in [2.05, 4.69) is 15.3 Å². The van der Waals surface area contributed by atoms with Crippen LogP contribution in [0, 0.1) is 0 Å². The fourth-order valence-electron chi connectivity index (χ4n) is 1.75. The average Bonchev–Trinajstić information content (AvgIpc) is 2.50. The van der Waals surface area contributed by atoms with Crippen LogP contribution >= 0.6 is 0 Å². The van der Waals surface area contributed by atoms with E-state index in [0.29, 0.717) is 12.2 Å². The van der Waals surface area contributed by atoms with Crippen molar-refractivity contribution in [1.82, 2.24) is 14.9 Å². The quantitative estimate of drug-likeness (QED) is 0.927. The molecule has 0 fully saturated rings. The lowest BCUT2D eigenvalue weighted by Gasteiger charge is -2.17. The highest BCUT2D eigenvalue weighted by Gasteiger charge is 2.12. The molecule has 2 rings (SSSR count). The zero-order valence-electron chi connectivity index (χ0n) is 11.9. The van der Waals surface area contributed by atoms with Crippen LogP contribution in [0.4, 0.5) is 5.69 Å². The summed E-state index contributed by atoms with van der Waals surface area (Å²) >= 11 is 0. The van der Waals surface area contributed by atoms with E-state index in [0.717, 1.165) is 5.56 Å². The van der Waals surface area contributed by atoms with Gasteiger partial charge in [0.1, 0.15) is 5.69 Å². The summed E-state index contributed by atoms with van der Waals surface area (Å²) in [5, 5.41) is 2.79. The van der Waals surface area contributed by atoms with E-state index in [-0.39, 0.29) is 17.5 Å². The summed E-state index contributed by atoms with van der Waals surface area (Å²) in [6.45, 7) is 1.92. The van der Waals surface area contributed by atoms with Crippen molar-refractivity contribution in [3.63, 3.8) is 0 Å². The molecule has 1 N–H and O–H groups in total. The first-order chi connectivity index (χ1) is 10.1. The maximum atomic E-state index is 12.1. The summed E-state index contributed by atoms with van der Waals surface area (Å²) < 4.78 is 0. The maximum absolute atomic E-state index is 12.1. The molecule has 0 radical (unpaired) electrons. The Balaban J connectivity index is 2.17. The van der Waals surface area contributed by atoms with E-state index in [4.69, 9.17) is 0 Å². The molecule has 2 aromatic rings. The van der Waals surface area contributed by atoms with Crippen molar-refractivity contribution in [3.05, 3.63) is 54.1 Å². The van der Waals surface area contributed by atoms with Crippen LogP contribution in [0.5, 0.6) is 0 Å². The van der Waals surface area contributed by atoms with Crippen molar-refractivity contribution >= 4 is 17.5 Å². The highest BCUT2D eigenvalue weighted by molar-refractivity contribution is 6.03. The van der Waals surface area contributed by atoms with Gasteiger partial charge in [-0.25, -0.2) is 4.98 Å². The number of aromatic nitrogens is 2. The number of anilines is 1. The van der Waals surface area contributed by atoms with Crippen molar-refractivity contribution in [2.45, 2.75) is 13.5 Å². The highest BCUT2D eigenvalue weighted by atomic mass is 16.2. The van der Waals surface area contributed by atoms with Crippen LogP contribution < -0.4 is 5.32 Å². The van der Waals surface area contributed by atoms with Gasteiger partial charge in [0.2, 0.25) is 5.91 Å². The molecule has 0 aliphatic rings. The van der Waals surface area contributed by atoms with Crippen LogP contribution in [0.3, 0.4) is 0 Å². The van der Waals surface area contributed by atoms with Crippen LogP contribution in [0.15, 0.2) is 42.9 Å². The minimum atomic E-state index is -0.332. The summed E-state index contributed by atoms with van der Waals surface area (Å²) in [6, 6.07) is 7.34. The molecular weight excluding hydrogens is 268 g/mol. The van der Waals surface area contributed by atoms with Gasteiger partial charge >= 0.3 is 0 Å². The van der Waals surface area contributed by atoms with Crippen molar-refractivity contribution in [3.8, 4) is 0 Å². The Labute approximate surface area is 122 Å². The summed E-state index contributed by atoms with van der Waals surface area (Å²) in [4.78, 5) is 32.8. The van der Waals surface area contributed by atoms with E-state index in [1.54, 1.807) is 18.0 Å². The van der Waals surface area contributed by atoms with Crippen molar-refractivity contribution in [1.29, 1.82) is 0 Å². The number of hydrogen-bond donors (Lipinski definition) is 1. The Bertz CT molecular complexity index is 643. The van der Waals surface area contributed by atoms with E-state index in [1.807, 2.05) is 18.2 Å². The van der Waals surface area contributed by atoms with Crippen molar-refractivity contribution in [2.24, 2.45) is 0 Å². The molecule has 2 amide bonds. The smallest absolute Gasteiger partial charge is 0.275 e. The number of carbonyl (C=O) groups is 2. The highest BCUT2D eigenvalue weighted by Crippen LogP contribution is 2.17. The Morgan fingerprint density at radius 3 is 2.67 bits per heavy atom. The van der Waals surface area contributed by atoms with Crippen LogP contribution in [-0.4, -0.2) is 33.7 Å². The average molecular weight is 284 g/mol. The van der Waals surface area contributed by atoms with Gasteiger partial charge < -0.3 is 10.2 Å². The summed E-state index contributed by atoms with van der Waals surface area (Å²) in [7, 11) is 1.71. The number of benzene rings is 1. The molecular formula is C15H16N4O2. The standard InChI is InChI=1S/C15H16N4O2/c1-11(20)19(2)10-12-5-3-4-6-13(12)18-15(21)14-9-16-7-8-17-14/h3-9H,10H2,1-2H3,(H,18,21). The number of hydrogen-bond acceptors (Lipinski definition) is 4. The molecule has 0 bridgehead atoms. The van der Waals surface area contributed by atoms with Crippen LogP contribution in [0.25, 0.3) is 0 Å². The number of carbonyl (C=O) groups excluding carboxylic acids is 2. The lowest BCUT2D eigenvalue weighted by molar-refractivity contribution is -0.128. The van der Waals surface area contributed by atoms with Gasteiger partial charge in [-0.3, -0.25) is 14.6 Å². The zero-order chi connectivity index (χ0) is 15.2. The van der Waals surface area contributed by atoms with E-state index < -0.39 is 0 Å². The van der Waals surface area contributed by atoms with Crippen LogP contribution in [0.1, 0.15) is 23.0 Å². The van der Waals surface area contributed by atoms with Gasteiger partial charge in [0, 0.05) is 38.6 Å². The number of para-hydroxylation sites is 1. The molecule has 0 atom stereocenters. The second-order valence-corrected chi connectivity index (χ2v) is 4.58. The third-order valence-corrected chi connectivity index (χ3v) is 3.01. The second-order valence-electron chi connectivity index (χ2n) is 4.58. The van der Waals surface area contributed by atoms with Gasteiger partial charge in [0.25, 0.3) is 5.91 Å². The monoisotopic (exact) mass is 284 g/mol. The van der Waals surface area contributed by atoms with Crippen molar-refractivity contribution < 1.29 is 9.59 Å². The summed E-state index contributed by atoms with van der Waals surface area (Å²) in [5.41, 5.74) is 1.75. The summed E-state index contributed by atoms with van der Waals surface area (Å²) in [6.07, 6.45) is 4.37. The zero-order valence-corrected chi connectivity index (χ0v) is 11.9. The number of nitrogens with one attached hydrogen (secondary N) is 1. The Morgan fingerprint density at radius 2 is 2.00 bits per heavy atom. The Kier molecular flexibility index (Phi) is 4.61. The lowest BCUT2D eigenvalue weighted by atomic mass is 10.1. The predicted octanol–water partition coefficient (Wildman–Crippen LogP) is 1.71. The molecule has 1 aromatic carbocycles. The molecule has 1 aromatic heterocycles. The molecule has 1 heterocycles. The first-order valence-corrected chi connectivity index (χ1v) is 6.45. The van der Waals surface area contributed by atoms with Gasteiger partial charge in [0.15, 0.2) is 0 Å². The van der Waals surface area contributed by atoms with E-state index in [9.17, 15) is 9.59 Å². The molecule has 108 valence electrons. The largest absolute Gasteiger partial charge is 0.342 e. The molecule has 6 nitrogen and oxygen atoms in total. The SMILES string of the molecule is CC(=O)N(C)Cc1ccccc1NC(=O)c1cnccn1. The van der Waals surface area contributed by atoms with Crippen molar-refractivity contribution in [2.75, 3.05) is 12.4 Å². The Hall–Kier alpha value is -2.76. The van der Waals surface area contributed by atoms with Gasteiger partial charge in [-0.1, -0.05) is 18.2 Å². The van der Waals surface area contributed by atoms with Crippen LogP contribution in [-0.2, 0) is 11.3 Å². The fraction of sp³-hybridized carbons (Fsp3) is 0.200. The van der Waals surface area contributed by atoms with Gasteiger partial charge in [0.05, 0.1) is 6.20 Å². The molecule has 0 saturated heterocycles. The third-order valence-electron chi connectivity index (χ3n) is 3.01. The summed E-state index contributed by atoms with van der Waals surface area (Å²) in [5.74, 6) is -0.369. The minimum absolute atomic E-state index is 0.0370. The first-order valence-electron chi connectivity index (χ1n) is 6.45. The van der Waals surface area contributed by atoms with E-state index >= 15 is 0 Å². The Morgan fingerprint density at radius 1 is 1.24 bits per heavy atom. The maximum Gasteiger partial charge on any atom is 0.275 e. The first kappa shape index (κ1) is 14.6. The molecule has 0 aliphatic heterocycles. The number of nitrogens with zero attached hydrogens (tertiary/aromatic N) is 3. The molecule has 6 heteroatoms. The minimum Gasteiger partial charge on any atom is -0.342 e. The predicted molar refractivity (Wildman–Crippen MR) is 78.6 cm³/mol. The second kappa shape index (κ2) is 6.60. The van der Waals surface area contributed by atoms with E-state index in [1.165, 1.54) is 25.5 Å². The molecule has 0 spiro atoms. The fourth-order valence-corrected chi connectivity index (χ4v) is 1.75. The molecule has 0 aliphatic carbocycles. The molecule has 0 unspecified atom stereocenters. The van der Waals surface area contributed by atoms with Crippen LogP contribution in [0.2, 0.25) is 0 Å². The number of rotatable bonds is 4. The topological polar surface area (TPSA) is 75.2 Å². The van der Waals surface area contributed by atoms with Gasteiger partial charge in [-0.2, -0.15) is 0 Å². The lowest BCUT2D eigenvalue weighted by Crippen LogP contribution is -2.24. The molecule has 0 saturated carbocycles. The molecule has 21 heavy (non-hydrogen) atoms.